The van der Waals surface area contributed by atoms with Crippen molar-refractivity contribution in [2.45, 2.75) is 18.7 Å². The first-order valence-corrected chi connectivity index (χ1v) is 12.0. The third-order valence-electron chi connectivity index (χ3n) is 4.83. The number of hydrogen-bond acceptors (Lipinski definition) is 4. The Morgan fingerprint density at radius 1 is 0.882 bits per heavy atom. The summed E-state index contributed by atoms with van der Waals surface area (Å²) < 4.78 is 41.1. The van der Waals surface area contributed by atoms with E-state index in [0.29, 0.717) is 22.0 Å². The quantitative estimate of drug-likeness (QED) is 0.386. The molecule has 0 saturated carbocycles. The van der Waals surface area contributed by atoms with E-state index in [0.717, 1.165) is 0 Å². The second-order valence-electron chi connectivity index (χ2n) is 8.15. The third kappa shape index (κ3) is 6.33. The molecule has 10 heteroatoms. The molecule has 3 aromatic carbocycles. The van der Waals surface area contributed by atoms with E-state index >= 15 is 0 Å². The van der Waals surface area contributed by atoms with Gasteiger partial charge in [0.15, 0.2) is 0 Å². The molecule has 0 aliphatic carbocycles. The Kier molecular flexibility index (Phi) is 7.58. The fourth-order valence-electron chi connectivity index (χ4n) is 2.77. The van der Waals surface area contributed by atoms with Gasteiger partial charge in [-0.3, -0.25) is 14.3 Å². The van der Waals surface area contributed by atoms with Crippen LogP contribution in [0.3, 0.4) is 0 Å². The fourth-order valence-corrected chi connectivity index (χ4v) is 4.07. The lowest BCUT2D eigenvalue weighted by Crippen LogP contribution is -2.32. The Morgan fingerprint density at radius 2 is 1.53 bits per heavy atom. The van der Waals surface area contributed by atoms with Gasteiger partial charge in [-0.05, 0) is 74.5 Å². The molecule has 34 heavy (non-hydrogen) atoms. The lowest BCUT2D eigenvalue weighted by Gasteiger charge is -2.19. The minimum atomic E-state index is -3.97. The monoisotopic (exact) mass is 503 g/mol. The highest BCUT2D eigenvalue weighted by Crippen LogP contribution is 2.23. The molecule has 2 amide bonds. The maximum Gasteiger partial charge on any atom is 0.261 e. The summed E-state index contributed by atoms with van der Waals surface area (Å²) in [5, 5.41) is 5.65. The van der Waals surface area contributed by atoms with E-state index in [1.165, 1.54) is 62.4 Å². The lowest BCUT2D eigenvalue weighted by molar-refractivity contribution is -0.124. The van der Waals surface area contributed by atoms with Crippen molar-refractivity contribution in [2.75, 3.05) is 22.0 Å². The summed E-state index contributed by atoms with van der Waals surface area (Å²) in [6, 6.07) is 18.1. The predicted octanol–water partition coefficient (Wildman–Crippen LogP) is 5.33. The van der Waals surface area contributed by atoms with Crippen LogP contribution >= 0.6 is 11.6 Å². The van der Waals surface area contributed by atoms with Gasteiger partial charge >= 0.3 is 0 Å². The number of amides is 2. The number of anilines is 3. The zero-order valence-corrected chi connectivity index (χ0v) is 20.0. The summed E-state index contributed by atoms with van der Waals surface area (Å²) in [4.78, 5) is 24.4. The van der Waals surface area contributed by atoms with Crippen molar-refractivity contribution >= 4 is 50.5 Å². The first-order chi connectivity index (χ1) is 16.0. The van der Waals surface area contributed by atoms with E-state index in [9.17, 15) is 22.4 Å². The highest BCUT2D eigenvalue weighted by Gasteiger charge is 2.27. The Labute approximate surface area is 202 Å². The van der Waals surface area contributed by atoms with Crippen molar-refractivity contribution in [3.8, 4) is 0 Å². The van der Waals surface area contributed by atoms with Crippen molar-refractivity contribution in [3.63, 3.8) is 0 Å². The Morgan fingerprint density at radius 3 is 2.18 bits per heavy atom. The van der Waals surface area contributed by atoms with Gasteiger partial charge in [0.25, 0.3) is 15.9 Å². The molecule has 3 N–H and O–H groups in total. The van der Waals surface area contributed by atoms with Gasteiger partial charge in [-0.2, -0.15) is 0 Å². The van der Waals surface area contributed by atoms with Crippen LogP contribution in [-0.4, -0.2) is 26.9 Å². The van der Waals surface area contributed by atoms with Crippen molar-refractivity contribution in [1.29, 1.82) is 0 Å². The molecule has 0 saturated heterocycles. The molecule has 3 aromatic rings. The molecule has 178 valence electrons. The SMILES string of the molecule is CC(C)(CF)C(=O)Nc1ccc(NS(=O)(=O)c2cccc(NC(=O)c3cccc(Cl)c3)c2)cc1. The zero-order chi connectivity index (χ0) is 24.9. The van der Waals surface area contributed by atoms with Gasteiger partial charge in [0.1, 0.15) is 6.67 Å². The molecule has 0 radical (unpaired) electrons. The second kappa shape index (κ2) is 10.2. The van der Waals surface area contributed by atoms with E-state index < -0.39 is 33.9 Å². The summed E-state index contributed by atoms with van der Waals surface area (Å²) >= 11 is 5.91. The van der Waals surface area contributed by atoms with Gasteiger partial charge in [-0.1, -0.05) is 23.7 Å². The topological polar surface area (TPSA) is 104 Å². The highest BCUT2D eigenvalue weighted by molar-refractivity contribution is 7.92. The van der Waals surface area contributed by atoms with Crippen LogP contribution in [-0.2, 0) is 14.8 Å². The molecule has 0 spiro atoms. The van der Waals surface area contributed by atoms with E-state index in [1.807, 2.05) is 0 Å². The number of rotatable bonds is 8. The first-order valence-electron chi connectivity index (χ1n) is 10.2. The Balaban J connectivity index is 1.70. The molecule has 0 fully saturated rings. The summed E-state index contributed by atoms with van der Waals surface area (Å²) in [5.74, 6) is -0.918. The number of nitrogens with one attached hydrogen (secondary N) is 3. The smallest absolute Gasteiger partial charge is 0.261 e. The fraction of sp³-hybridized carbons (Fsp3) is 0.167. The summed E-state index contributed by atoms with van der Waals surface area (Å²) in [6.07, 6.45) is 0. The van der Waals surface area contributed by atoms with E-state index in [4.69, 9.17) is 11.6 Å². The van der Waals surface area contributed by atoms with E-state index in [1.54, 1.807) is 24.3 Å². The van der Waals surface area contributed by atoms with Crippen LogP contribution in [0.4, 0.5) is 21.5 Å². The highest BCUT2D eigenvalue weighted by atomic mass is 35.5. The lowest BCUT2D eigenvalue weighted by atomic mass is 9.94. The molecule has 0 aliphatic heterocycles. The largest absolute Gasteiger partial charge is 0.326 e. The second-order valence-corrected chi connectivity index (χ2v) is 10.3. The van der Waals surface area contributed by atoms with Gasteiger partial charge in [0.2, 0.25) is 5.91 Å². The molecular weight excluding hydrogens is 481 g/mol. The molecule has 0 aliphatic rings. The minimum Gasteiger partial charge on any atom is -0.326 e. The number of benzene rings is 3. The number of sulfonamides is 1. The normalized spacial score (nSPS) is 11.5. The Hall–Kier alpha value is -3.43. The van der Waals surface area contributed by atoms with E-state index in [2.05, 4.69) is 15.4 Å². The Bertz CT molecular complexity index is 1310. The van der Waals surface area contributed by atoms with Gasteiger partial charge < -0.3 is 10.6 Å². The van der Waals surface area contributed by atoms with Gasteiger partial charge in [0, 0.05) is 27.6 Å². The molecule has 0 aromatic heterocycles. The van der Waals surface area contributed by atoms with Crippen LogP contribution in [0.1, 0.15) is 24.2 Å². The molecule has 3 rings (SSSR count). The average molecular weight is 504 g/mol. The van der Waals surface area contributed by atoms with Gasteiger partial charge in [0.05, 0.1) is 10.3 Å². The standard InChI is InChI=1S/C24H23ClFN3O4S/c1-24(2,15-26)23(31)28-18-9-11-19(12-10-18)29-34(32,33)21-8-4-7-20(14-21)27-22(30)16-5-3-6-17(25)13-16/h3-14,29H,15H2,1-2H3,(H,27,30)(H,28,31). The molecule has 0 unspecified atom stereocenters. The van der Waals surface area contributed by atoms with Crippen LogP contribution in [0.5, 0.6) is 0 Å². The molecule has 0 heterocycles. The summed E-state index contributed by atoms with van der Waals surface area (Å²) in [7, 11) is -3.97. The number of hydrogen-bond donors (Lipinski definition) is 3. The maximum absolute atomic E-state index is 13.0. The molecular formula is C24H23ClFN3O4S. The van der Waals surface area contributed by atoms with Crippen molar-refractivity contribution in [1.82, 2.24) is 0 Å². The first kappa shape index (κ1) is 25.2. The number of halogens is 2. The summed E-state index contributed by atoms with van der Waals surface area (Å²) in [6.45, 7) is 2.15. The van der Waals surface area contributed by atoms with Crippen molar-refractivity contribution < 1.29 is 22.4 Å². The van der Waals surface area contributed by atoms with Crippen molar-refractivity contribution in [3.05, 3.63) is 83.4 Å². The third-order valence-corrected chi connectivity index (χ3v) is 6.45. The molecule has 0 atom stereocenters. The van der Waals surface area contributed by atoms with Gasteiger partial charge in [-0.15, -0.1) is 0 Å². The van der Waals surface area contributed by atoms with Crippen LogP contribution in [0.15, 0.2) is 77.7 Å². The molecule has 0 bridgehead atoms. The predicted molar refractivity (Wildman–Crippen MR) is 131 cm³/mol. The number of alkyl halides is 1. The van der Waals surface area contributed by atoms with Crippen molar-refractivity contribution in [2.24, 2.45) is 5.41 Å². The number of carbonyl (C=O) groups is 2. The van der Waals surface area contributed by atoms with E-state index in [-0.39, 0.29) is 10.6 Å². The van der Waals surface area contributed by atoms with Crippen LogP contribution in [0, 0.1) is 5.41 Å². The summed E-state index contributed by atoms with van der Waals surface area (Å²) in [5.41, 5.74) is 0.117. The van der Waals surface area contributed by atoms with Crippen LogP contribution < -0.4 is 15.4 Å². The number of carbonyl (C=O) groups excluding carboxylic acids is 2. The average Bonchev–Trinajstić information content (AvgIpc) is 2.80. The van der Waals surface area contributed by atoms with Crippen LogP contribution in [0.2, 0.25) is 5.02 Å². The molecule has 7 nitrogen and oxygen atoms in total. The zero-order valence-electron chi connectivity index (χ0n) is 18.4. The maximum atomic E-state index is 13.0. The van der Waals surface area contributed by atoms with Crippen LogP contribution in [0.25, 0.3) is 0 Å². The minimum absolute atomic E-state index is 0.0570. The van der Waals surface area contributed by atoms with Gasteiger partial charge in [-0.25, -0.2) is 12.8 Å².